The molecular weight excluding hydrogens is 274 g/mol. The number of nitrogens with zero attached hydrogens (tertiary/aromatic N) is 3. The topological polar surface area (TPSA) is 68.8 Å². The van der Waals surface area contributed by atoms with Gasteiger partial charge in [-0.3, -0.25) is 0 Å². The van der Waals surface area contributed by atoms with Crippen LogP contribution in [0.5, 0.6) is 0 Å². The van der Waals surface area contributed by atoms with Gasteiger partial charge in [0.15, 0.2) is 0 Å². The maximum Gasteiger partial charge on any atom is 0.147 e. The molecule has 0 aromatic carbocycles. The molecule has 2 heterocycles. The zero-order chi connectivity index (χ0) is 15.1. The minimum atomic E-state index is 0.427. The van der Waals surface area contributed by atoms with Gasteiger partial charge in [-0.15, -0.1) is 0 Å². The van der Waals surface area contributed by atoms with Crippen LogP contribution in [0.3, 0.4) is 0 Å². The molecule has 112 valence electrons. The highest BCUT2D eigenvalue weighted by atomic mass is 15.1. The number of aryl methyl sites for hydroxylation is 1. The van der Waals surface area contributed by atoms with Gasteiger partial charge in [0.25, 0.3) is 0 Å². The van der Waals surface area contributed by atoms with Gasteiger partial charge in [-0.05, 0) is 19.3 Å². The molecule has 0 aliphatic heterocycles. The van der Waals surface area contributed by atoms with E-state index in [9.17, 15) is 0 Å². The van der Waals surface area contributed by atoms with Crippen molar-refractivity contribution in [3.05, 3.63) is 48.6 Å². The van der Waals surface area contributed by atoms with Crippen LogP contribution >= 0.6 is 0 Å². The zero-order valence-electron chi connectivity index (χ0n) is 12.5. The van der Waals surface area contributed by atoms with Gasteiger partial charge < -0.3 is 15.6 Å². The molecule has 0 saturated carbocycles. The van der Waals surface area contributed by atoms with Crippen LogP contribution in [0.4, 0.5) is 11.5 Å². The van der Waals surface area contributed by atoms with E-state index in [2.05, 4.69) is 63.4 Å². The third-order valence-corrected chi connectivity index (χ3v) is 4.52. The SMILES string of the molecule is CCn1cc(NC2=CCC3C=CC=CC23)c2c(N)ncnc21. The summed E-state index contributed by atoms with van der Waals surface area (Å²) in [6.07, 6.45) is 15.7. The van der Waals surface area contributed by atoms with Crippen LogP contribution < -0.4 is 11.1 Å². The van der Waals surface area contributed by atoms with Crippen molar-refractivity contribution in [2.24, 2.45) is 11.8 Å². The molecule has 0 amide bonds. The van der Waals surface area contributed by atoms with E-state index in [1.165, 1.54) is 12.0 Å². The molecule has 0 fully saturated rings. The normalized spacial score (nSPS) is 22.9. The summed E-state index contributed by atoms with van der Waals surface area (Å²) in [6.45, 7) is 2.95. The maximum absolute atomic E-state index is 6.08. The molecule has 2 atom stereocenters. The molecule has 5 heteroatoms. The molecule has 2 aliphatic carbocycles. The monoisotopic (exact) mass is 293 g/mol. The van der Waals surface area contributed by atoms with Crippen molar-refractivity contribution in [2.75, 3.05) is 11.1 Å². The van der Waals surface area contributed by atoms with Gasteiger partial charge in [0.05, 0.1) is 11.1 Å². The Bertz CT molecular complexity index is 812. The van der Waals surface area contributed by atoms with Crippen molar-refractivity contribution < 1.29 is 0 Å². The quantitative estimate of drug-likeness (QED) is 0.912. The predicted molar refractivity (Wildman–Crippen MR) is 89.2 cm³/mol. The average molecular weight is 293 g/mol. The van der Waals surface area contributed by atoms with Crippen molar-refractivity contribution in [2.45, 2.75) is 19.9 Å². The Kier molecular flexibility index (Phi) is 2.99. The third-order valence-electron chi connectivity index (χ3n) is 4.52. The fourth-order valence-electron chi connectivity index (χ4n) is 3.38. The van der Waals surface area contributed by atoms with Crippen LogP contribution in [-0.2, 0) is 6.54 Å². The Balaban J connectivity index is 1.73. The second-order valence-electron chi connectivity index (χ2n) is 5.77. The second kappa shape index (κ2) is 5.02. The van der Waals surface area contributed by atoms with E-state index < -0.39 is 0 Å². The van der Waals surface area contributed by atoms with Crippen LogP contribution in [0, 0.1) is 11.8 Å². The third kappa shape index (κ3) is 1.93. The average Bonchev–Trinajstić information content (AvgIpc) is 3.11. The summed E-state index contributed by atoms with van der Waals surface area (Å²) in [5.74, 6) is 1.52. The first-order valence-electron chi connectivity index (χ1n) is 7.69. The van der Waals surface area contributed by atoms with Gasteiger partial charge in [0.1, 0.15) is 17.8 Å². The molecule has 0 spiro atoms. The Labute approximate surface area is 129 Å². The lowest BCUT2D eigenvalue weighted by atomic mass is 9.90. The van der Waals surface area contributed by atoms with E-state index in [-0.39, 0.29) is 0 Å². The van der Waals surface area contributed by atoms with Crippen molar-refractivity contribution >= 4 is 22.5 Å². The summed E-state index contributed by atoms with van der Waals surface area (Å²) in [7, 11) is 0. The summed E-state index contributed by atoms with van der Waals surface area (Å²) < 4.78 is 2.10. The lowest BCUT2D eigenvalue weighted by Crippen LogP contribution is -2.13. The molecule has 3 N–H and O–H groups in total. The summed E-state index contributed by atoms with van der Waals surface area (Å²) in [6, 6.07) is 0. The zero-order valence-corrected chi connectivity index (χ0v) is 12.5. The molecule has 2 aliphatic rings. The van der Waals surface area contributed by atoms with Gasteiger partial charge in [-0.25, -0.2) is 9.97 Å². The van der Waals surface area contributed by atoms with Crippen molar-refractivity contribution in [1.82, 2.24) is 14.5 Å². The molecule has 0 bridgehead atoms. The van der Waals surface area contributed by atoms with Crippen LogP contribution in [0.15, 0.2) is 48.6 Å². The van der Waals surface area contributed by atoms with E-state index in [0.29, 0.717) is 17.7 Å². The van der Waals surface area contributed by atoms with Gasteiger partial charge in [0, 0.05) is 24.4 Å². The number of hydrogen-bond acceptors (Lipinski definition) is 4. The van der Waals surface area contributed by atoms with E-state index in [1.807, 2.05) is 0 Å². The highest BCUT2D eigenvalue weighted by Gasteiger charge is 2.28. The minimum absolute atomic E-state index is 0.427. The number of anilines is 2. The molecule has 0 saturated heterocycles. The molecule has 4 rings (SSSR count). The van der Waals surface area contributed by atoms with Crippen LogP contribution in [0.25, 0.3) is 11.0 Å². The molecule has 2 aromatic rings. The summed E-state index contributed by atoms with van der Waals surface area (Å²) >= 11 is 0. The van der Waals surface area contributed by atoms with Gasteiger partial charge in [-0.1, -0.05) is 30.4 Å². The smallest absolute Gasteiger partial charge is 0.147 e. The van der Waals surface area contributed by atoms with E-state index in [0.717, 1.165) is 29.7 Å². The van der Waals surface area contributed by atoms with E-state index in [1.54, 1.807) is 0 Å². The maximum atomic E-state index is 6.08. The molecular formula is C17H19N5. The Morgan fingerprint density at radius 1 is 1.32 bits per heavy atom. The Morgan fingerprint density at radius 3 is 3.05 bits per heavy atom. The fourth-order valence-corrected chi connectivity index (χ4v) is 3.38. The lowest BCUT2D eigenvalue weighted by Gasteiger charge is -2.20. The first-order valence-corrected chi connectivity index (χ1v) is 7.69. The van der Waals surface area contributed by atoms with Crippen molar-refractivity contribution in [3.8, 4) is 0 Å². The predicted octanol–water partition coefficient (Wildman–Crippen LogP) is 3.09. The second-order valence-corrected chi connectivity index (χ2v) is 5.77. The van der Waals surface area contributed by atoms with Crippen LogP contribution in [0.2, 0.25) is 0 Å². The number of aromatic nitrogens is 3. The molecule has 2 unspecified atom stereocenters. The van der Waals surface area contributed by atoms with Gasteiger partial charge in [-0.2, -0.15) is 0 Å². The van der Waals surface area contributed by atoms with Gasteiger partial charge >= 0.3 is 0 Å². The fraction of sp³-hybridized carbons (Fsp3) is 0.294. The van der Waals surface area contributed by atoms with Crippen molar-refractivity contribution in [1.29, 1.82) is 0 Å². The lowest BCUT2D eigenvalue weighted by molar-refractivity contribution is 0.580. The number of nitrogens with one attached hydrogen (secondary N) is 1. The number of nitrogen functional groups attached to an aromatic ring is 1. The molecule has 0 radical (unpaired) electrons. The number of nitrogens with two attached hydrogens (primary N) is 1. The first kappa shape index (κ1) is 13.1. The van der Waals surface area contributed by atoms with Gasteiger partial charge in [0.2, 0.25) is 0 Å². The molecule has 22 heavy (non-hydrogen) atoms. The van der Waals surface area contributed by atoms with E-state index in [4.69, 9.17) is 5.73 Å². The first-order chi connectivity index (χ1) is 10.8. The highest BCUT2D eigenvalue weighted by molar-refractivity contribution is 5.98. The van der Waals surface area contributed by atoms with Crippen LogP contribution in [-0.4, -0.2) is 14.5 Å². The molecule has 2 aromatic heterocycles. The number of hydrogen-bond donors (Lipinski definition) is 2. The number of allylic oxidation sites excluding steroid dienone is 5. The minimum Gasteiger partial charge on any atom is -0.383 e. The standard InChI is InChI=1S/C17H19N5/c1-2-22-9-14(15-16(18)19-10-20-17(15)22)21-13-8-7-11-5-3-4-6-12(11)13/h3-6,8-12,21H,2,7H2,1H3,(H2,18,19,20). The summed E-state index contributed by atoms with van der Waals surface area (Å²) in [5, 5.41) is 4.48. The Morgan fingerprint density at radius 2 is 2.18 bits per heavy atom. The Hall–Kier alpha value is -2.56. The van der Waals surface area contributed by atoms with Crippen molar-refractivity contribution in [3.63, 3.8) is 0 Å². The number of fused-ring (bicyclic) bond motifs is 2. The number of rotatable bonds is 3. The van der Waals surface area contributed by atoms with Crippen LogP contribution in [0.1, 0.15) is 13.3 Å². The summed E-state index contributed by atoms with van der Waals surface area (Å²) in [4.78, 5) is 8.52. The largest absolute Gasteiger partial charge is 0.383 e. The summed E-state index contributed by atoms with van der Waals surface area (Å²) in [5.41, 5.74) is 9.19. The van der Waals surface area contributed by atoms with E-state index >= 15 is 0 Å². The highest BCUT2D eigenvalue weighted by Crippen LogP contribution is 2.38. The molecule has 5 nitrogen and oxygen atoms in total.